The zero-order valence-electron chi connectivity index (χ0n) is 6.11. The first-order valence-corrected chi connectivity index (χ1v) is 4.74. The van der Waals surface area contributed by atoms with E-state index in [0.717, 1.165) is 11.3 Å². The van der Waals surface area contributed by atoms with Gasteiger partial charge in [0.05, 0.1) is 0 Å². The standard InChI is InChI=1S/C5H4Cl2N2O3S/c6-3(7)4-8-9-5(13-4)12-1-2(10)11/h3H,1H2,(H,10,11). The van der Waals surface area contributed by atoms with Crippen LogP contribution in [0.25, 0.3) is 0 Å². The number of aliphatic carboxylic acids is 1. The molecule has 1 aromatic rings. The van der Waals surface area contributed by atoms with E-state index in [1.807, 2.05) is 0 Å². The van der Waals surface area contributed by atoms with Gasteiger partial charge in [0.2, 0.25) is 0 Å². The number of hydrogen-bond donors (Lipinski definition) is 1. The van der Waals surface area contributed by atoms with Crippen LogP contribution in [0.2, 0.25) is 0 Å². The van der Waals surface area contributed by atoms with Crippen molar-refractivity contribution in [2.75, 3.05) is 6.61 Å². The van der Waals surface area contributed by atoms with Gasteiger partial charge in [-0.15, -0.1) is 5.10 Å². The average molecular weight is 243 g/mol. The molecule has 5 nitrogen and oxygen atoms in total. The predicted octanol–water partition coefficient (Wildman–Crippen LogP) is 1.48. The summed E-state index contributed by atoms with van der Waals surface area (Å²) in [4.78, 5) is 9.33. The van der Waals surface area contributed by atoms with E-state index in [9.17, 15) is 4.79 Å². The van der Waals surface area contributed by atoms with Crippen LogP contribution in [-0.4, -0.2) is 27.9 Å². The van der Waals surface area contributed by atoms with Gasteiger partial charge in [-0.1, -0.05) is 39.6 Å². The number of carboxylic acids is 1. The molecule has 0 spiro atoms. The molecule has 0 bridgehead atoms. The van der Waals surface area contributed by atoms with Crippen molar-refractivity contribution in [1.29, 1.82) is 0 Å². The van der Waals surface area contributed by atoms with Gasteiger partial charge in [-0.3, -0.25) is 0 Å². The first kappa shape index (κ1) is 10.5. The fraction of sp³-hybridized carbons (Fsp3) is 0.400. The number of nitrogens with zero attached hydrogens (tertiary/aromatic N) is 2. The Morgan fingerprint density at radius 2 is 2.31 bits per heavy atom. The highest BCUT2D eigenvalue weighted by molar-refractivity contribution is 7.13. The van der Waals surface area contributed by atoms with Crippen LogP contribution in [0.3, 0.4) is 0 Å². The van der Waals surface area contributed by atoms with Gasteiger partial charge in [0, 0.05) is 0 Å². The third kappa shape index (κ3) is 3.33. The number of ether oxygens (including phenoxy) is 1. The van der Waals surface area contributed by atoms with Crippen LogP contribution in [-0.2, 0) is 4.79 Å². The Kier molecular flexibility index (Phi) is 3.71. The smallest absolute Gasteiger partial charge is 0.341 e. The van der Waals surface area contributed by atoms with Crippen LogP contribution in [0.5, 0.6) is 5.19 Å². The molecule has 0 saturated heterocycles. The lowest BCUT2D eigenvalue weighted by Crippen LogP contribution is -2.09. The Morgan fingerprint density at radius 3 is 2.77 bits per heavy atom. The van der Waals surface area contributed by atoms with Crippen LogP contribution in [0, 0.1) is 0 Å². The van der Waals surface area contributed by atoms with E-state index >= 15 is 0 Å². The Balaban J connectivity index is 2.54. The number of hydrogen-bond acceptors (Lipinski definition) is 5. The van der Waals surface area contributed by atoms with E-state index < -0.39 is 17.4 Å². The number of rotatable bonds is 4. The topological polar surface area (TPSA) is 72.3 Å². The molecule has 1 N–H and O–H groups in total. The maximum Gasteiger partial charge on any atom is 0.341 e. The molecular formula is C5H4Cl2N2O3S. The van der Waals surface area contributed by atoms with Gasteiger partial charge in [-0.25, -0.2) is 4.79 Å². The van der Waals surface area contributed by atoms with Gasteiger partial charge in [-0.05, 0) is 0 Å². The maximum atomic E-state index is 10.1. The van der Waals surface area contributed by atoms with Gasteiger partial charge in [0.1, 0.15) is 0 Å². The summed E-state index contributed by atoms with van der Waals surface area (Å²) in [7, 11) is 0. The lowest BCUT2D eigenvalue weighted by molar-refractivity contribution is -0.139. The van der Waals surface area contributed by atoms with Gasteiger partial charge >= 0.3 is 5.97 Å². The molecule has 0 radical (unpaired) electrons. The van der Waals surface area contributed by atoms with Gasteiger partial charge < -0.3 is 9.84 Å². The zero-order valence-corrected chi connectivity index (χ0v) is 8.44. The van der Waals surface area contributed by atoms with E-state index in [0.29, 0.717) is 5.01 Å². The molecule has 0 saturated carbocycles. The minimum Gasteiger partial charge on any atom is -0.479 e. The molecule has 1 heterocycles. The molecule has 0 atom stereocenters. The Morgan fingerprint density at radius 1 is 1.62 bits per heavy atom. The van der Waals surface area contributed by atoms with E-state index in [1.54, 1.807) is 0 Å². The fourth-order valence-electron chi connectivity index (χ4n) is 0.490. The molecule has 1 aromatic heterocycles. The van der Waals surface area contributed by atoms with Crippen LogP contribution in [0.15, 0.2) is 0 Å². The first-order chi connectivity index (χ1) is 6.09. The molecule has 0 unspecified atom stereocenters. The van der Waals surface area contributed by atoms with E-state index in [1.165, 1.54) is 0 Å². The van der Waals surface area contributed by atoms with Crippen molar-refractivity contribution in [2.45, 2.75) is 4.84 Å². The fourth-order valence-corrected chi connectivity index (χ4v) is 1.39. The molecule has 0 fully saturated rings. The molecule has 0 aromatic carbocycles. The molecule has 0 aliphatic carbocycles. The lowest BCUT2D eigenvalue weighted by Gasteiger charge is -1.94. The van der Waals surface area contributed by atoms with Crippen molar-refractivity contribution < 1.29 is 14.6 Å². The second-order valence-electron chi connectivity index (χ2n) is 1.89. The van der Waals surface area contributed by atoms with Gasteiger partial charge in [-0.2, -0.15) is 0 Å². The number of carboxylic acid groups (broad SMARTS) is 1. The minimum atomic E-state index is -1.08. The summed E-state index contributed by atoms with van der Waals surface area (Å²) in [5.74, 6) is -1.08. The molecule has 72 valence electrons. The summed E-state index contributed by atoms with van der Waals surface area (Å²) in [6, 6.07) is 0. The van der Waals surface area contributed by atoms with Crippen molar-refractivity contribution in [3.63, 3.8) is 0 Å². The number of carbonyl (C=O) groups is 1. The second kappa shape index (κ2) is 4.59. The van der Waals surface area contributed by atoms with Crippen molar-refractivity contribution in [1.82, 2.24) is 10.2 Å². The highest BCUT2D eigenvalue weighted by Crippen LogP contribution is 2.30. The van der Waals surface area contributed by atoms with E-state index in [2.05, 4.69) is 10.2 Å². The number of halogens is 2. The molecule has 8 heteroatoms. The van der Waals surface area contributed by atoms with Crippen molar-refractivity contribution in [3.05, 3.63) is 5.01 Å². The predicted molar refractivity (Wildman–Crippen MR) is 47.5 cm³/mol. The molecular weight excluding hydrogens is 239 g/mol. The third-order valence-electron chi connectivity index (χ3n) is 0.928. The quantitative estimate of drug-likeness (QED) is 0.810. The summed E-state index contributed by atoms with van der Waals surface area (Å²) in [5, 5.41) is 15.9. The summed E-state index contributed by atoms with van der Waals surface area (Å²) >= 11 is 12.0. The Bertz CT molecular complexity index is 304. The first-order valence-electron chi connectivity index (χ1n) is 3.05. The number of aromatic nitrogens is 2. The molecule has 1 rings (SSSR count). The summed E-state index contributed by atoms with van der Waals surface area (Å²) < 4.78 is 4.73. The number of alkyl halides is 2. The Hall–Kier alpha value is -0.590. The van der Waals surface area contributed by atoms with Gasteiger partial charge in [0.15, 0.2) is 16.5 Å². The molecule has 0 aliphatic rings. The SMILES string of the molecule is O=C(O)COc1nnc(C(Cl)Cl)s1. The van der Waals surface area contributed by atoms with Crippen LogP contribution < -0.4 is 4.74 Å². The monoisotopic (exact) mass is 242 g/mol. The second-order valence-corrected chi connectivity index (χ2v) is 3.96. The largest absolute Gasteiger partial charge is 0.479 e. The zero-order chi connectivity index (χ0) is 9.84. The van der Waals surface area contributed by atoms with Crippen LogP contribution >= 0.6 is 34.5 Å². The minimum absolute atomic E-state index is 0.142. The van der Waals surface area contributed by atoms with Crippen molar-refractivity contribution in [3.8, 4) is 5.19 Å². The normalized spacial score (nSPS) is 10.4. The average Bonchev–Trinajstić information content (AvgIpc) is 2.48. The van der Waals surface area contributed by atoms with Crippen molar-refractivity contribution >= 4 is 40.5 Å². The molecule has 0 amide bonds. The Labute approximate surface area is 87.3 Å². The highest BCUT2D eigenvalue weighted by Gasteiger charge is 2.12. The van der Waals surface area contributed by atoms with Gasteiger partial charge in [0.25, 0.3) is 5.19 Å². The molecule has 13 heavy (non-hydrogen) atoms. The highest BCUT2D eigenvalue weighted by atomic mass is 35.5. The maximum absolute atomic E-state index is 10.1. The van der Waals surface area contributed by atoms with E-state index in [4.69, 9.17) is 33.0 Å². The van der Waals surface area contributed by atoms with Crippen LogP contribution in [0.4, 0.5) is 0 Å². The summed E-state index contributed by atoms with van der Waals surface area (Å²) in [5.41, 5.74) is 0. The van der Waals surface area contributed by atoms with Crippen molar-refractivity contribution in [2.24, 2.45) is 0 Å². The summed E-state index contributed by atoms with van der Waals surface area (Å²) in [6.45, 7) is -0.454. The van der Waals surface area contributed by atoms with Crippen LogP contribution in [0.1, 0.15) is 9.84 Å². The molecule has 0 aliphatic heterocycles. The lowest BCUT2D eigenvalue weighted by atomic mass is 10.8. The third-order valence-corrected chi connectivity index (χ3v) is 2.50. The summed E-state index contributed by atoms with van der Waals surface area (Å²) in [6.07, 6.45) is 0. The van der Waals surface area contributed by atoms with E-state index in [-0.39, 0.29) is 5.19 Å².